The normalized spacial score (nSPS) is 35.3. The van der Waals surface area contributed by atoms with E-state index in [9.17, 15) is 4.79 Å². The van der Waals surface area contributed by atoms with Gasteiger partial charge in [0, 0.05) is 11.3 Å². The summed E-state index contributed by atoms with van der Waals surface area (Å²) < 4.78 is 5.48. The van der Waals surface area contributed by atoms with Crippen LogP contribution in [0.3, 0.4) is 0 Å². The number of carbonyl (C=O) groups is 1. The number of alkyl halides is 1. The van der Waals surface area contributed by atoms with Gasteiger partial charge in [0.2, 0.25) is 0 Å². The van der Waals surface area contributed by atoms with E-state index in [4.69, 9.17) is 21.4 Å². The third kappa shape index (κ3) is 3.63. The second-order valence-corrected chi connectivity index (χ2v) is 5.72. The molecule has 94 valence electrons. The van der Waals surface area contributed by atoms with Crippen molar-refractivity contribution in [2.24, 2.45) is 17.8 Å². The van der Waals surface area contributed by atoms with Gasteiger partial charge >= 0.3 is 5.97 Å². The van der Waals surface area contributed by atoms with Crippen molar-refractivity contribution in [3.63, 3.8) is 0 Å². The Bertz CT molecular complexity index is 242. The van der Waals surface area contributed by atoms with Crippen LogP contribution in [-0.4, -0.2) is 29.2 Å². The Labute approximate surface area is 102 Å². The van der Waals surface area contributed by atoms with Crippen molar-refractivity contribution in [3.8, 4) is 0 Å². The predicted octanol–water partition coefficient (Wildman–Crippen LogP) is 2.77. The Kier molecular flexibility index (Phi) is 5.06. The molecule has 0 radical (unpaired) electrons. The van der Waals surface area contributed by atoms with E-state index in [-0.39, 0.29) is 24.0 Å². The van der Waals surface area contributed by atoms with E-state index in [1.165, 1.54) is 0 Å². The molecule has 0 aromatic heterocycles. The van der Waals surface area contributed by atoms with Crippen molar-refractivity contribution in [3.05, 3.63) is 0 Å². The van der Waals surface area contributed by atoms with Gasteiger partial charge in [-0.25, -0.2) is 4.79 Å². The minimum absolute atomic E-state index is 0.0117. The summed E-state index contributed by atoms with van der Waals surface area (Å²) in [4.78, 5) is 10.5. The number of halogens is 1. The summed E-state index contributed by atoms with van der Waals surface area (Å²) in [5, 5.41) is 8.74. The Morgan fingerprint density at radius 1 is 1.50 bits per heavy atom. The van der Waals surface area contributed by atoms with Gasteiger partial charge in [-0.05, 0) is 24.7 Å². The first-order valence-corrected chi connectivity index (χ1v) is 6.33. The van der Waals surface area contributed by atoms with E-state index >= 15 is 0 Å². The topological polar surface area (TPSA) is 46.5 Å². The number of rotatable bonds is 4. The molecule has 1 aliphatic rings. The maximum Gasteiger partial charge on any atom is 0.329 e. The summed E-state index contributed by atoms with van der Waals surface area (Å²) in [5.74, 6) is 0.286. The van der Waals surface area contributed by atoms with Crippen LogP contribution in [0.4, 0.5) is 0 Å². The van der Waals surface area contributed by atoms with Gasteiger partial charge in [0.1, 0.15) is 6.61 Å². The molecule has 4 heteroatoms. The molecule has 1 aliphatic carbocycles. The van der Waals surface area contributed by atoms with Gasteiger partial charge in [-0.3, -0.25) is 0 Å². The highest BCUT2D eigenvalue weighted by Crippen LogP contribution is 2.38. The molecule has 1 N–H and O–H groups in total. The first-order chi connectivity index (χ1) is 7.41. The van der Waals surface area contributed by atoms with Gasteiger partial charge in [0.25, 0.3) is 0 Å². The van der Waals surface area contributed by atoms with Crippen LogP contribution in [0.5, 0.6) is 0 Å². The fourth-order valence-corrected chi connectivity index (χ4v) is 3.39. The highest BCUT2D eigenvalue weighted by Gasteiger charge is 2.37. The SMILES string of the molecule is CC1CC(Cl)C(C(C)C)C(OCC(=O)O)C1. The molecule has 0 amide bonds. The summed E-state index contributed by atoms with van der Waals surface area (Å²) in [6, 6.07) is 0. The van der Waals surface area contributed by atoms with Gasteiger partial charge < -0.3 is 9.84 Å². The van der Waals surface area contributed by atoms with Gasteiger partial charge in [-0.1, -0.05) is 20.8 Å². The molecule has 16 heavy (non-hydrogen) atoms. The van der Waals surface area contributed by atoms with Crippen molar-refractivity contribution in [2.45, 2.75) is 45.1 Å². The molecule has 0 aromatic carbocycles. The highest BCUT2D eigenvalue weighted by atomic mass is 35.5. The quantitative estimate of drug-likeness (QED) is 0.779. The monoisotopic (exact) mass is 248 g/mol. The lowest BCUT2D eigenvalue weighted by atomic mass is 9.75. The minimum atomic E-state index is -0.910. The lowest BCUT2D eigenvalue weighted by molar-refractivity contribution is -0.147. The predicted molar refractivity (Wildman–Crippen MR) is 63.7 cm³/mol. The van der Waals surface area contributed by atoms with E-state index in [1.54, 1.807) is 0 Å². The van der Waals surface area contributed by atoms with Crippen molar-refractivity contribution in [2.75, 3.05) is 6.61 Å². The first kappa shape index (κ1) is 13.8. The molecule has 1 rings (SSSR count). The van der Waals surface area contributed by atoms with E-state index < -0.39 is 5.97 Å². The van der Waals surface area contributed by atoms with Crippen LogP contribution >= 0.6 is 11.6 Å². The summed E-state index contributed by atoms with van der Waals surface area (Å²) in [6.07, 6.45) is 1.90. The Balaban J connectivity index is 2.63. The molecule has 4 unspecified atom stereocenters. The van der Waals surface area contributed by atoms with E-state index in [0.29, 0.717) is 11.8 Å². The maximum atomic E-state index is 10.5. The minimum Gasteiger partial charge on any atom is -0.480 e. The molecule has 1 fully saturated rings. The molecule has 3 nitrogen and oxygen atoms in total. The maximum absolute atomic E-state index is 10.5. The molecular weight excluding hydrogens is 228 g/mol. The van der Waals surface area contributed by atoms with E-state index in [1.807, 2.05) is 0 Å². The van der Waals surface area contributed by atoms with E-state index in [2.05, 4.69) is 20.8 Å². The number of hydrogen-bond acceptors (Lipinski definition) is 2. The fourth-order valence-electron chi connectivity index (χ4n) is 2.63. The Hall–Kier alpha value is -0.280. The molecule has 0 aliphatic heterocycles. The van der Waals surface area contributed by atoms with Crippen LogP contribution in [0.2, 0.25) is 0 Å². The van der Waals surface area contributed by atoms with Crippen molar-refractivity contribution in [1.82, 2.24) is 0 Å². The number of carboxylic acids is 1. The lowest BCUT2D eigenvalue weighted by Gasteiger charge is -2.40. The third-order valence-corrected chi connectivity index (χ3v) is 3.77. The first-order valence-electron chi connectivity index (χ1n) is 5.89. The molecule has 0 spiro atoms. The third-order valence-electron chi connectivity index (χ3n) is 3.30. The van der Waals surface area contributed by atoms with Crippen molar-refractivity contribution >= 4 is 17.6 Å². The standard InChI is InChI=1S/C12H21ClO3/c1-7(2)12-9(13)4-8(3)5-10(12)16-6-11(14)15/h7-10,12H,4-6H2,1-3H3,(H,14,15). The molecule has 0 heterocycles. The van der Waals surface area contributed by atoms with Crippen LogP contribution in [-0.2, 0) is 9.53 Å². The zero-order valence-electron chi connectivity index (χ0n) is 10.1. The van der Waals surface area contributed by atoms with Crippen LogP contribution in [0, 0.1) is 17.8 Å². The van der Waals surface area contributed by atoms with Crippen LogP contribution in [0.25, 0.3) is 0 Å². The zero-order valence-corrected chi connectivity index (χ0v) is 10.9. The van der Waals surface area contributed by atoms with Crippen LogP contribution in [0.15, 0.2) is 0 Å². The van der Waals surface area contributed by atoms with Gasteiger partial charge in [-0.2, -0.15) is 0 Å². The molecule has 0 saturated heterocycles. The summed E-state index contributed by atoms with van der Waals surface area (Å²) in [6.45, 7) is 6.16. The van der Waals surface area contributed by atoms with E-state index in [0.717, 1.165) is 12.8 Å². The average Bonchev–Trinajstić information content (AvgIpc) is 2.12. The molecular formula is C12H21ClO3. The second kappa shape index (κ2) is 5.87. The number of ether oxygens (including phenoxy) is 1. The number of hydrogen-bond donors (Lipinski definition) is 1. The van der Waals surface area contributed by atoms with Gasteiger partial charge in [0.15, 0.2) is 0 Å². The van der Waals surface area contributed by atoms with Crippen LogP contribution < -0.4 is 0 Å². The summed E-state index contributed by atoms with van der Waals surface area (Å²) in [7, 11) is 0. The summed E-state index contributed by atoms with van der Waals surface area (Å²) >= 11 is 6.36. The number of aliphatic carboxylic acids is 1. The van der Waals surface area contributed by atoms with Crippen LogP contribution in [0.1, 0.15) is 33.6 Å². The van der Waals surface area contributed by atoms with Gasteiger partial charge in [-0.15, -0.1) is 11.6 Å². The molecule has 4 atom stereocenters. The smallest absolute Gasteiger partial charge is 0.329 e. The summed E-state index contributed by atoms with van der Waals surface area (Å²) in [5.41, 5.74) is 0. The molecule has 0 bridgehead atoms. The Morgan fingerprint density at radius 3 is 2.62 bits per heavy atom. The van der Waals surface area contributed by atoms with Gasteiger partial charge in [0.05, 0.1) is 6.10 Å². The Morgan fingerprint density at radius 2 is 2.12 bits per heavy atom. The molecule has 1 saturated carbocycles. The second-order valence-electron chi connectivity index (χ2n) is 5.16. The lowest BCUT2D eigenvalue weighted by Crippen LogP contribution is -2.42. The zero-order chi connectivity index (χ0) is 12.3. The highest BCUT2D eigenvalue weighted by molar-refractivity contribution is 6.20. The average molecular weight is 249 g/mol. The number of carboxylic acid groups (broad SMARTS) is 1. The van der Waals surface area contributed by atoms with Crippen molar-refractivity contribution < 1.29 is 14.6 Å². The molecule has 0 aromatic rings. The largest absolute Gasteiger partial charge is 0.480 e. The fraction of sp³-hybridized carbons (Fsp3) is 0.917. The van der Waals surface area contributed by atoms with Crippen molar-refractivity contribution in [1.29, 1.82) is 0 Å².